The van der Waals surface area contributed by atoms with Gasteiger partial charge in [0.05, 0.1) is 5.92 Å². The minimum absolute atomic E-state index is 0.327. The first-order valence-electron chi connectivity index (χ1n) is 12.0. The molecule has 1 atom stereocenters. The Kier molecular flexibility index (Phi) is 13.5. The summed E-state index contributed by atoms with van der Waals surface area (Å²) in [7, 11) is 0. The Hall–Kier alpha value is -1.51. The molecule has 1 aromatic carbocycles. The summed E-state index contributed by atoms with van der Waals surface area (Å²) in [5.41, 5.74) is 2.78. The van der Waals surface area contributed by atoms with Crippen molar-refractivity contribution in [1.29, 1.82) is 0 Å². The lowest BCUT2D eigenvalue weighted by Gasteiger charge is -2.15. The van der Waals surface area contributed by atoms with Crippen molar-refractivity contribution in [3.63, 3.8) is 0 Å². The molecular formula is C26H44O3. The second-order valence-electron chi connectivity index (χ2n) is 8.69. The van der Waals surface area contributed by atoms with E-state index in [0.717, 1.165) is 42.4 Å². The first-order chi connectivity index (χ1) is 14.0. The maximum absolute atomic E-state index is 11.7. The van der Waals surface area contributed by atoms with E-state index in [1.165, 1.54) is 64.2 Å². The van der Waals surface area contributed by atoms with Crippen LogP contribution in [0, 0.1) is 12.8 Å². The molecule has 1 unspecified atom stereocenters. The van der Waals surface area contributed by atoms with Crippen LogP contribution in [0.5, 0.6) is 5.75 Å². The Bertz CT molecular complexity index is 580. The number of aliphatic carboxylic acids is 1. The van der Waals surface area contributed by atoms with Gasteiger partial charge in [0.1, 0.15) is 5.75 Å². The fraction of sp³-hybridized carbons (Fsp3) is 0.731. The van der Waals surface area contributed by atoms with E-state index in [9.17, 15) is 15.0 Å². The van der Waals surface area contributed by atoms with Crippen LogP contribution in [0.1, 0.15) is 114 Å². The van der Waals surface area contributed by atoms with Crippen molar-refractivity contribution in [2.75, 3.05) is 0 Å². The van der Waals surface area contributed by atoms with Crippen LogP contribution in [0.4, 0.5) is 0 Å². The first-order valence-corrected chi connectivity index (χ1v) is 12.0. The standard InChI is InChI=1S/C26H44O3/c1-4-6-7-8-9-10-11-12-13-14-15-16-17-24(26(28)29)20-22-18-21(3)25(27)23(5-2)19-22/h18-19,24,27H,4-17,20H2,1-3H3,(H,28,29). The van der Waals surface area contributed by atoms with Gasteiger partial charge in [-0.05, 0) is 42.9 Å². The summed E-state index contributed by atoms with van der Waals surface area (Å²) >= 11 is 0. The van der Waals surface area contributed by atoms with Gasteiger partial charge in [0.2, 0.25) is 0 Å². The quantitative estimate of drug-likeness (QED) is 0.263. The molecule has 0 radical (unpaired) electrons. The smallest absolute Gasteiger partial charge is 0.306 e. The van der Waals surface area contributed by atoms with Gasteiger partial charge in [0.25, 0.3) is 0 Å². The molecular weight excluding hydrogens is 360 g/mol. The van der Waals surface area contributed by atoms with Crippen molar-refractivity contribution in [2.24, 2.45) is 5.92 Å². The molecule has 0 aromatic heterocycles. The third-order valence-electron chi connectivity index (χ3n) is 6.06. The highest BCUT2D eigenvalue weighted by atomic mass is 16.4. The minimum Gasteiger partial charge on any atom is -0.507 e. The zero-order chi connectivity index (χ0) is 21.5. The minimum atomic E-state index is -0.697. The third kappa shape index (κ3) is 10.7. The summed E-state index contributed by atoms with van der Waals surface area (Å²) in [5, 5.41) is 19.7. The molecule has 0 bridgehead atoms. The fourth-order valence-corrected chi connectivity index (χ4v) is 4.15. The van der Waals surface area contributed by atoms with Crippen LogP contribution >= 0.6 is 0 Å². The molecule has 0 amide bonds. The second kappa shape index (κ2) is 15.3. The Morgan fingerprint density at radius 2 is 1.38 bits per heavy atom. The number of carboxylic acid groups (broad SMARTS) is 1. The lowest BCUT2D eigenvalue weighted by atomic mass is 9.91. The largest absolute Gasteiger partial charge is 0.507 e. The van der Waals surface area contributed by atoms with Crippen LogP contribution in [0.15, 0.2) is 12.1 Å². The van der Waals surface area contributed by atoms with Gasteiger partial charge in [-0.25, -0.2) is 0 Å². The van der Waals surface area contributed by atoms with Crippen LogP contribution in [0.3, 0.4) is 0 Å². The number of phenolic OH excluding ortho intramolecular Hbond substituents is 1. The van der Waals surface area contributed by atoms with Crippen molar-refractivity contribution < 1.29 is 15.0 Å². The van der Waals surface area contributed by atoms with E-state index in [0.29, 0.717) is 12.2 Å². The topological polar surface area (TPSA) is 57.5 Å². The molecule has 0 aliphatic carbocycles. The van der Waals surface area contributed by atoms with Gasteiger partial charge in [0.15, 0.2) is 0 Å². The van der Waals surface area contributed by atoms with Gasteiger partial charge in [-0.2, -0.15) is 0 Å². The van der Waals surface area contributed by atoms with E-state index in [1.807, 2.05) is 26.0 Å². The van der Waals surface area contributed by atoms with Crippen LogP contribution < -0.4 is 0 Å². The number of carbonyl (C=O) groups is 1. The molecule has 166 valence electrons. The molecule has 3 nitrogen and oxygen atoms in total. The predicted molar refractivity (Wildman–Crippen MR) is 123 cm³/mol. The number of unbranched alkanes of at least 4 members (excludes halogenated alkanes) is 11. The number of hydrogen-bond acceptors (Lipinski definition) is 2. The van der Waals surface area contributed by atoms with Gasteiger partial charge in [0, 0.05) is 0 Å². The molecule has 0 saturated carbocycles. The number of aryl methyl sites for hydroxylation is 2. The van der Waals surface area contributed by atoms with Crippen LogP contribution in [0.2, 0.25) is 0 Å². The lowest BCUT2D eigenvalue weighted by molar-refractivity contribution is -0.142. The van der Waals surface area contributed by atoms with E-state index < -0.39 is 5.97 Å². The summed E-state index contributed by atoms with van der Waals surface area (Å²) in [4.78, 5) is 11.7. The van der Waals surface area contributed by atoms with Gasteiger partial charge >= 0.3 is 5.97 Å². The molecule has 0 fully saturated rings. The maximum Gasteiger partial charge on any atom is 0.306 e. The summed E-state index contributed by atoms with van der Waals surface area (Å²) in [6.45, 7) is 6.16. The van der Waals surface area contributed by atoms with E-state index in [4.69, 9.17) is 0 Å². The zero-order valence-electron chi connectivity index (χ0n) is 19.1. The number of aromatic hydroxyl groups is 1. The van der Waals surface area contributed by atoms with Crippen molar-refractivity contribution in [1.82, 2.24) is 0 Å². The molecule has 2 N–H and O–H groups in total. The van der Waals surface area contributed by atoms with E-state index in [-0.39, 0.29) is 5.92 Å². The Balaban J connectivity index is 2.22. The summed E-state index contributed by atoms with van der Waals surface area (Å²) in [5.74, 6) is -0.673. The lowest BCUT2D eigenvalue weighted by Crippen LogP contribution is -2.16. The fourth-order valence-electron chi connectivity index (χ4n) is 4.15. The molecule has 0 aliphatic rings. The molecule has 0 spiro atoms. The molecule has 0 heterocycles. The highest BCUT2D eigenvalue weighted by Gasteiger charge is 2.18. The van der Waals surface area contributed by atoms with Gasteiger partial charge in [-0.15, -0.1) is 0 Å². The summed E-state index contributed by atoms with van der Waals surface area (Å²) in [6.07, 6.45) is 17.6. The average Bonchev–Trinajstić information content (AvgIpc) is 2.70. The number of phenols is 1. The van der Waals surface area contributed by atoms with Crippen LogP contribution in [0.25, 0.3) is 0 Å². The molecule has 3 heteroatoms. The van der Waals surface area contributed by atoms with Crippen molar-refractivity contribution in [2.45, 2.75) is 117 Å². The number of rotatable bonds is 17. The maximum atomic E-state index is 11.7. The van der Waals surface area contributed by atoms with Crippen LogP contribution in [-0.4, -0.2) is 16.2 Å². The van der Waals surface area contributed by atoms with Crippen molar-refractivity contribution in [3.8, 4) is 5.75 Å². The highest BCUT2D eigenvalue weighted by molar-refractivity contribution is 5.70. The zero-order valence-corrected chi connectivity index (χ0v) is 19.1. The molecule has 0 saturated heterocycles. The van der Waals surface area contributed by atoms with E-state index >= 15 is 0 Å². The third-order valence-corrected chi connectivity index (χ3v) is 6.06. The number of carboxylic acids is 1. The van der Waals surface area contributed by atoms with Crippen molar-refractivity contribution >= 4 is 5.97 Å². The normalized spacial score (nSPS) is 12.2. The molecule has 0 aliphatic heterocycles. The van der Waals surface area contributed by atoms with Gasteiger partial charge in [-0.3, -0.25) is 4.79 Å². The SMILES string of the molecule is CCCCCCCCCCCCCCC(Cc1cc(C)c(O)c(CC)c1)C(=O)O. The van der Waals surface area contributed by atoms with Gasteiger partial charge in [-0.1, -0.05) is 103 Å². The van der Waals surface area contributed by atoms with E-state index in [1.54, 1.807) is 0 Å². The number of hydrogen-bond donors (Lipinski definition) is 2. The van der Waals surface area contributed by atoms with Crippen LogP contribution in [-0.2, 0) is 17.6 Å². The molecule has 1 aromatic rings. The highest BCUT2D eigenvalue weighted by Crippen LogP contribution is 2.27. The summed E-state index contributed by atoms with van der Waals surface area (Å²) < 4.78 is 0. The Labute approximate surface area is 178 Å². The monoisotopic (exact) mass is 404 g/mol. The number of benzene rings is 1. The predicted octanol–water partition coefficient (Wildman–Crippen LogP) is 7.60. The summed E-state index contributed by atoms with van der Waals surface area (Å²) in [6, 6.07) is 3.91. The van der Waals surface area contributed by atoms with Crippen molar-refractivity contribution in [3.05, 3.63) is 28.8 Å². The Morgan fingerprint density at radius 1 is 0.862 bits per heavy atom. The average molecular weight is 405 g/mol. The second-order valence-corrected chi connectivity index (χ2v) is 8.69. The van der Waals surface area contributed by atoms with E-state index in [2.05, 4.69) is 6.92 Å². The molecule has 1 rings (SSSR count). The Morgan fingerprint density at radius 3 is 1.86 bits per heavy atom. The molecule has 29 heavy (non-hydrogen) atoms. The van der Waals surface area contributed by atoms with Gasteiger partial charge < -0.3 is 10.2 Å². The first kappa shape index (κ1) is 25.5.